The van der Waals surface area contributed by atoms with Gasteiger partial charge >= 0.3 is 12.1 Å². The van der Waals surface area contributed by atoms with Crippen LogP contribution in [-0.4, -0.2) is 60.9 Å². The number of carboxylic acids is 1. The first-order valence-electron chi connectivity index (χ1n) is 8.59. The Labute approximate surface area is 154 Å². The summed E-state index contributed by atoms with van der Waals surface area (Å²) in [7, 11) is 2.11. The summed E-state index contributed by atoms with van der Waals surface area (Å²) >= 11 is 0. The van der Waals surface area contributed by atoms with Gasteiger partial charge < -0.3 is 24.5 Å². The zero-order valence-corrected chi connectivity index (χ0v) is 14.9. The van der Waals surface area contributed by atoms with Gasteiger partial charge in [-0.3, -0.25) is 4.79 Å². The summed E-state index contributed by atoms with van der Waals surface area (Å²) in [6, 6.07) is 3.71. The van der Waals surface area contributed by atoms with Gasteiger partial charge in [0.1, 0.15) is 5.76 Å². The Morgan fingerprint density at radius 2 is 2.07 bits per heavy atom. The minimum atomic E-state index is -5.08. The molecule has 0 bridgehead atoms. The van der Waals surface area contributed by atoms with Crippen LogP contribution in [0.4, 0.5) is 13.2 Å². The van der Waals surface area contributed by atoms with Crippen LogP contribution in [0.25, 0.3) is 0 Å². The van der Waals surface area contributed by atoms with Crippen molar-refractivity contribution in [2.75, 3.05) is 26.7 Å². The smallest absolute Gasteiger partial charge is 0.475 e. The predicted octanol–water partition coefficient (Wildman–Crippen LogP) is 1.89. The number of fused-ring (bicyclic) bond motifs is 1. The molecule has 27 heavy (non-hydrogen) atoms. The molecule has 0 saturated carbocycles. The van der Waals surface area contributed by atoms with E-state index < -0.39 is 12.1 Å². The van der Waals surface area contributed by atoms with Crippen LogP contribution in [0.1, 0.15) is 18.6 Å². The maximum Gasteiger partial charge on any atom is 0.490 e. The van der Waals surface area contributed by atoms with Gasteiger partial charge in [-0.1, -0.05) is 0 Å². The molecule has 0 spiro atoms. The number of carboxylic acid groups (broad SMARTS) is 1. The molecule has 1 amide bonds. The molecule has 0 aliphatic carbocycles. The van der Waals surface area contributed by atoms with Crippen molar-refractivity contribution in [2.24, 2.45) is 11.8 Å². The van der Waals surface area contributed by atoms with Gasteiger partial charge in [0.25, 0.3) is 0 Å². The monoisotopic (exact) mass is 392 g/mol. The number of carbonyl (C=O) groups excluding carboxylic acids is 1. The highest BCUT2D eigenvalue weighted by Crippen LogP contribution is 2.32. The lowest BCUT2D eigenvalue weighted by Gasteiger charge is -2.43. The van der Waals surface area contributed by atoms with E-state index in [2.05, 4.69) is 17.3 Å². The quantitative estimate of drug-likeness (QED) is 0.816. The van der Waals surface area contributed by atoms with Crippen molar-refractivity contribution < 1.29 is 37.0 Å². The third kappa shape index (κ3) is 6.24. The Kier molecular flexibility index (Phi) is 7.25. The van der Waals surface area contributed by atoms with Crippen molar-refractivity contribution in [1.82, 2.24) is 10.2 Å². The molecule has 2 saturated heterocycles. The van der Waals surface area contributed by atoms with Crippen LogP contribution in [0.2, 0.25) is 0 Å². The van der Waals surface area contributed by atoms with Crippen molar-refractivity contribution in [3.8, 4) is 0 Å². The molecule has 1 aromatic rings. The Morgan fingerprint density at radius 3 is 2.67 bits per heavy atom. The average molecular weight is 392 g/mol. The minimum Gasteiger partial charge on any atom is -0.475 e. The molecule has 0 radical (unpaired) electrons. The fourth-order valence-corrected chi connectivity index (χ4v) is 3.33. The lowest BCUT2D eigenvalue weighted by molar-refractivity contribution is -0.192. The zero-order valence-electron chi connectivity index (χ0n) is 14.9. The molecular weight excluding hydrogens is 369 g/mol. The van der Waals surface area contributed by atoms with Crippen LogP contribution in [0, 0.1) is 11.8 Å². The van der Waals surface area contributed by atoms with Crippen LogP contribution < -0.4 is 5.32 Å². The predicted molar refractivity (Wildman–Crippen MR) is 87.7 cm³/mol. The third-order valence-electron chi connectivity index (χ3n) is 4.67. The van der Waals surface area contributed by atoms with E-state index in [-0.39, 0.29) is 17.9 Å². The van der Waals surface area contributed by atoms with E-state index in [0.29, 0.717) is 19.1 Å². The van der Waals surface area contributed by atoms with Crippen LogP contribution in [0.3, 0.4) is 0 Å². The first-order valence-corrected chi connectivity index (χ1v) is 8.59. The molecule has 3 heterocycles. The molecule has 152 valence electrons. The molecule has 2 aliphatic heterocycles. The van der Waals surface area contributed by atoms with Gasteiger partial charge in [0.05, 0.1) is 18.9 Å². The molecule has 2 N–H and O–H groups in total. The number of nitrogens with one attached hydrogen (secondary N) is 1. The van der Waals surface area contributed by atoms with Crippen LogP contribution in [0.5, 0.6) is 0 Å². The number of halogens is 3. The summed E-state index contributed by atoms with van der Waals surface area (Å²) < 4.78 is 42.8. The van der Waals surface area contributed by atoms with E-state index in [9.17, 15) is 18.0 Å². The van der Waals surface area contributed by atoms with Gasteiger partial charge in [-0.25, -0.2) is 4.79 Å². The maximum atomic E-state index is 12.4. The molecule has 0 aromatic carbocycles. The maximum absolute atomic E-state index is 12.4. The van der Waals surface area contributed by atoms with Crippen molar-refractivity contribution >= 4 is 11.9 Å². The molecule has 3 atom stereocenters. The Bertz CT molecular complexity index is 621. The van der Waals surface area contributed by atoms with Gasteiger partial charge in [-0.15, -0.1) is 0 Å². The standard InChI is InChI=1S/C15H22N2O3.C2HF3O2/c1-17-6-4-14-13(10-17)12(5-8-20-14)15(18)16-9-11-3-2-7-19-11;3-2(4,5)1(6)7/h2-3,7,12-14H,4-6,8-10H2,1H3,(H,16,18);(H,6,7)/t12-,13+,14-;/m0./s1. The zero-order chi connectivity index (χ0) is 20.0. The number of piperidine rings is 1. The molecule has 7 nitrogen and oxygen atoms in total. The Balaban J connectivity index is 0.000000321. The van der Waals surface area contributed by atoms with E-state index in [1.807, 2.05) is 12.1 Å². The topological polar surface area (TPSA) is 92.0 Å². The van der Waals surface area contributed by atoms with Crippen LogP contribution in [-0.2, 0) is 20.9 Å². The summed E-state index contributed by atoms with van der Waals surface area (Å²) in [5.41, 5.74) is 0. The van der Waals surface area contributed by atoms with Gasteiger partial charge in [0.2, 0.25) is 5.91 Å². The van der Waals surface area contributed by atoms with E-state index in [1.165, 1.54) is 0 Å². The normalized spacial score (nSPS) is 25.7. The summed E-state index contributed by atoms with van der Waals surface area (Å²) in [4.78, 5) is 23.6. The molecule has 1 aromatic heterocycles. The van der Waals surface area contributed by atoms with E-state index in [4.69, 9.17) is 19.1 Å². The highest BCUT2D eigenvalue weighted by Gasteiger charge is 2.41. The number of carbonyl (C=O) groups is 2. The number of nitrogens with zero attached hydrogens (tertiary/aromatic N) is 1. The summed E-state index contributed by atoms with van der Waals surface area (Å²) in [6.07, 6.45) is -1.36. The number of ether oxygens (including phenoxy) is 1. The highest BCUT2D eigenvalue weighted by atomic mass is 19.4. The lowest BCUT2D eigenvalue weighted by Crippen LogP contribution is -2.52. The number of aliphatic carboxylic acids is 1. The number of rotatable bonds is 3. The van der Waals surface area contributed by atoms with Crippen LogP contribution in [0.15, 0.2) is 22.8 Å². The number of likely N-dealkylation sites (tertiary alicyclic amines) is 1. The molecule has 10 heteroatoms. The SMILES string of the molecule is CN1CC[C@@H]2OCC[C@H](C(=O)NCc3ccco3)[C@H]2C1.O=C(O)C(F)(F)F. The Hall–Kier alpha value is -2.07. The van der Waals surface area contributed by atoms with Crippen molar-refractivity contribution in [3.05, 3.63) is 24.2 Å². The van der Waals surface area contributed by atoms with Crippen molar-refractivity contribution in [2.45, 2.75) is 31.7 Å². The molecule has 2 aliphatic rings. The van der Waals surface area contributed by atoms with Gasteiger partial charge in [0.15, 0.2) is 0 Å². The van der Waals surface area contributed by atoms with Gasteiger partial charge in [-0.05, 0) is 32.0 Å². The first kappa shape index (κ1) is 21.2. The second-order valence-electron chi connectivity index (χ2n) is 6.62. The first-order chi connectivity index (χ1) is 12.7. The number of furan rings is 1. The van der Waals surface area contributed by atoms with E-state index >= 15 is 0 Å². The molecule has 0 unspecified atom stereocenters. The average Bonchev–Trinajstić information content (AvgIpc) is 3.12. The molecular formula is C17H23F3N2O5. The fourth-order valence-electron chi connectivity index (χ4n) is 3.33. The van der Waals surface area contributed by atoms with Crippen molar-refractivity contribution in [1.29, 1.82) is 0 Å². The third-order valence-corrected chi connectivity index (χ3v) is 4.67. The van der Waals surface area contributed by atoms with E-state index in [1.54, 1.807) is 6.26 Å². The summed E-state index contributed by atoms with van der Waals surface area (Å²) in [5, 5.41) is 10.1. The summed E-state index contributed by atoms with van der Waals surface area (Å²) in [6.45, 7) is 3.17. The second kappa shape index (κ2) is 9.23. The fraction of sp³-hybridized carbons (Fsp3) is 0.647. The Morgan fingerprint density at radius 1 is 1.37 bits per heavy atom. The van der Waals surface area contributed by atoms with Crippen molar-refractivity contribution in [3.63, 3.8) is 0 Å². The molecule has 2 fully saturated rings. The number of hydrogen-bond donors (Lipinski definition) is 2. The second-order valence-corrected chi connectivity index (χ2v) is 6.62. The molecule has 3 rings (SSSR count). The summed E-state index contributed by atoms with van der Waals surface area (Å²) in [5.74, 6) is -1.45. The minimum absolute atomic E-state index is 0.0615. The number of amides is 1. The van der Waals surface area contributed by atoms with Crippen LogP contribution >= 0.6 is 0 Å². The largest absolute Gasteiger partial charge is 0.490 e. The van der Waals surface area contributed by atoms with E-state index in [0.717, 1.165) is 31.7 Å². The number of hydrogen-bond acceptors (Lipinski definition) is 5. The lowest BCUT2D eigenvalue weighted by atomic mass is 9.79. The number of alkyl halides is 3. The van der Waals surface area contributed by atoms with Gasteiger partial charge in [-0.2, -0.15) is 13.2 Å². The van der Waals surface area contributed by atoms with Gasteiger partial charge in [0, 0.05) is 31.5 Å². The highest BCUT2D eigenvalue weighted by molar-refractivity contribution is 5.79.